The first-order valence-electron chi connectivity index (χ1n) is 14.6. The van der Waals surface area contributed by atoms with Gasteiger partial charge in [0.05, 0.1) is 10.6 Å². The van der Waals surface area contributed by atoms with Gasteiger partial charge in [0.2, 0.25) is 11.8 Å². The van der Waals surface area contributed by atoms with Crippen LogP contribution >= 0.6 is 27.5 Å². The number of rotatable bonds is 13. The second-order valence-electron chi connectivity index (χ2n) is 11.3. The van der Waals surface area contributed by atoms with E-state index in [1.807, 2.05) is 57.2 Å². The van der Waals surface area contributed by atoms with Crippen LogP contribution in [-0.4, -0.2) is 44.3 Å². The number of amides is 2. The number of hydrogen-bond acceptors (Lipinski definition) is 4. The van der Waals surface area contributed by atoms with E-state index in [4.69, 9.17) is 11.6 Å². The van der Waals surface area contributed by atoms with Gasteiger partial charge in [-0.05, 0) is 60.4 Å². The van der Waals surface area contributed by atoms with Gasteiger partial charge in [-0.2, -0.15) is 0 Å². The van der Waals surface area contributed by atoms with Crippen LogP contribution in [0.15, 0.2) is 112 Å². The average molecular weight is 711 g/mol. The number of aryl methyl sites for hydroxylation is 1. The monoisotopic (exact) mass is 709 g/mol. The van der Waals surface area contributed by atoms with E-state index < -0.39 is 28.5 Å². The summed E-state index contributed by atoms with van der Waals surface area (Å²) in [7, 11) is -4.19. The molecule has 0 aromatic heterocycles. The zero-order chi connectivity index (χ0) is 32.6. The van der Waals surface area contributed by atoms with Crippen LogP contribution in [-0.2, 0) is 32.6 Å². The third kappa shape index (κ3) is 9.19. The van der Waals surface area contributed by atoms with Crippen molar-refractivity contribution in [2.45, 2.75) is 44.7 Å². The number of nitrogens with zero attached hydrogens (tertiary/aromatic N) is 2. The highest BCUT2D eigenvalue weighted by atomic mass is 79.9. The fraction of sp³-hybridized carbons (Fsp3) is 0.257. The van der Waals surface area contributed by atoms with E-state index in [2.05, 4.69) is 21.2 Å². The van der Waals surface area contributed by atoms with Gasteiger partial charge >= 0.3 is 0 Å². The average Bonchev–Trinajstić information content (AvgIpc) is 3.01. The highest BCUT2D eigenvalue weighted by Gasteiger charge is 2.35. The topological polar surface area (TPSA) is 86.8 Å². The molecule has 0 aliphatic rings. The van der Waals surface area contributed by atoms with Crippen molar-refractivity contribution in [1.29, 1.82) is 0 Å². The molecular formula is C35H37BrClN3O4S. The summed E-state index contributed by atoms with van der Waals surface area (Å²) in [6, 6.07) is 28.9. The number of carbonyl (C=O) groups excluding carboxylic acids is 2. The third-order valence-electron chi connectivity index (χ3n) is 7.24. The van der Waals surface area contributed by atoms with Crippen LogP contribution in [0.1, 0.15) is 30.5 Å². The normalized spacial score (nSPS) is 12.0. The molecule has 2 amide bonds. The Morgan fingerprint density at radius 1 is 0.889 bits per heavy atom. The lowest BCUT2D eigenvalue weighted by Crippen LogP contribution is -2.53. The van der Waals surface area contributed by atoms with Crippen LogP contribution in [0, 0.1) is 12.8 Å². The van der Waals surface area contributed by atoms with Crippen molar-refractivity contribution < 1.29 is 18.0 Å². The molecule has 0 saturated heterocycles. The first kappa shape index (κ1) is 34.2. The number of benzene rings is 4. The van der Waals surface area contributed by atoms with Gasteiger partial charge in [0.15, 0.2) is 0 Å². The molecule has 1 atom stereocenters. The maximum Gasteiger partial charge on any atom is 0.264 e. The summed E-state index contributed by atoms with van der Waals surface area (Å²) < 4.78 is 30.0. The van der Waals surface area contributed by atoms with Crippen LogP contribution in [0.5, 0.6) is 0 Å². The van der Waals surface area contributed by atoms with E-state index in [9.17, 15) is 18.0 Å². The molecule has 0 fully saturated rings. The molecule has 1 N–H and O–H groups in total. The van der Waals surface area contributed by atoms with Crippen molar-refractivity contribution in [3.63, 3.8) is 0 Å². The van der Waals surface area contributed by atoms with Gasteiger partial charge in [-0.15, -0.1) is 0 Å². The minimum Gasteiger partial charge on any atom is -0.354 e. The Bertz CT molecular complexity index is 1720. The minimum atomic E-state index is -4.19. The van der Waals surface area contributed by atoms with E-state index in [0.717, 1.165) is 15.4 Å². The van der Waals surface area contributed by atoms with E-state index in [-0.39, 0.29) is 29.7 Å². The lowest BCUT2D eigenvalue weighted by molar-refractivity contribution is -0.140. The number of anilines is 1. The molecule has 0 heterocycles. The maximum absolute atomic E-state index is 14.5. The van der Waals surface area contributed by atoms with Gasteiger partial charge < -0.3 is 10.2 Å². The number of carbonyl (C=O) groups is 2. The van der Waals surface area contributed by atoms with Crippen molar-refractivity contribution in [2.24, 2.45) is 5.92 Å². The molecule has 4 aromatic rings. The van der Waals surface area contributed by atoms with Crippen molar-refractivity contribution in [1.82, 2.24) is 10.2 Å². The summed E-state index contributed by atoms with van der Waals surface area (Å²) in [6.07, 6.45) is 0.225. The predicted octanol–water partition coefficient (Wildman–Crippen LogP) is 7.02. The molecule has 0 bridgehead atoms. The smallest absolute Gasteiger partial charge is 0.264 e. The summed E-state index contributed by atoms with van der Waals surface area (Å²) in [5.41, 5.74) is 2.70. The first-order valence-corrected chi connectivity index (χ1v) is 17.3. The molecule has 0 spiro atoms. The zero-order valence-electron chi connectivity index (χ0n) is 25.5. The maximum atomic E-state index is 14.5. The summed E-state index contributed by atoms with van der Waals surface area (Å²) >= 11 is 9.99. The van der Waals surface area contributed by atoms with Gasteiger partial charge in [0, 0.05) is 29.0 Å². The fourth-order valence-electron chi connectivity index (χ4n) is 4.78. The Balaban J connectivity index is 1.81. The molecule has 45 heavy (non-hydrogen) atoms. The lowest BCUT2D eigenvalue weighted by Gasteiger charge is -2.34. The van der Waals surface area contributed by atoms with E-state index >= 15 is 0 Å². The van der Waals surface area contributed by atoms with Crippen LogP contribution in [0.2, 0.25) is 5.02 Å². The van der Waals surface area contributed by atoms with E-state index in [1.165, 1.54) is 17.0 Å². The highest BCUT2D eigenvalue weighted by Crippen LogP contribution is 2.28. The molecule has 0 saturated carbocycles. The van der Waals surface area contributed by atoms with Gasteiger partial charge in [0.25, 0.3) is 10.0 Å². The Morgan fingerprint density at radius 3 is 2.20 bits per heavy atom. The van der Waals surface area contributed by atoms with Crippen molar-refractivity contribution >= 4 is 55.1 Å². The molecule has 236 valence electrons. The predicted molar refractivity (Wildman–Crippen MR) is 184 cm³/mol. The van der Waals surface area contributed by atoms with Gasteiger partial charge in [-0.1, -0.05) is 114 Å². The van der Waals surface area contributed by atoms with Gasteiger partial charge in [-0.25, -0.2) is 8.42 Å². The Hall–Kier alpha value is -3.66. The number of nitrogens with one attached hydrogen (secondary N) is 1. The fourth-order valence-corrected chi connectivity index (χ4v) is 6.77. The lowest BCUT2D eigenvalue weighted by atomic mass is 10.0. The zero-order valence-corrected chi connectivity index (χ0v) is 28.6. The summed E-state index contributed by atoms with van der Waals surface area (Å²) in [6.45, 7) is 5.73. The molecule has 0 radical (unpaired) electrons. The Kier molecular flexibility index (Phi) is 11.8. The highest BCUT2D eigenvalue weighted by molar-refractivity contribution is 9.10. The Labute approximate surface area is 279 Å². The summed E-state index contributed by atoms with van der Waals surface area (Å²) in [4.78, 5) is 29.9. The number of sulfonamides is 1. The Morgan fingerprint density at radius 2 is 1.56 bits per heavy atom. The van der Waals surface area contributed by atoms with Crippen molar-refractivity contribution in [3.8, 4) is 0 Å². The van der Waals surface area contributed by atoms with Crippen LogP contribution < -0.4 is 9.62 Å². The molecular weight excluding hydrogens is 674 g/mol. The van der Waals surface area contributed by atoms with Crippen LogP contribution in [0.4, 0.5) is 5.69 Å². The quantitative estimate of drug-likeness (QED) is 0.162. The SMILES string of the molecule is Cc1ccc(S(=O)(=O)N(CC(=O)N(Cc2ccccc2Cl)C(Cc2ccccc2)C(=O)NCC(C)C)c2cccc(Br)c2)cc1. The van der Waals surface area contributed by atoms with E-state index in [1.54, 1.807) is 54.6 Å². The molecule has 4 aromatic carbocycles. The third-order valence-corrected chi connectivity index (χ3v) is 9.89. The summed E-state index contributed by atoms with van der Waals surface area (Å²) in [5.74, 6) is -0.694. The van der Waals surface area contributed by atoms with Gasteiger partial charge in [0.1, 0.15) is 12.6 Å². The largest absolute Gasteiger partial charge is 0.354 e. The molecule has 10 heteroatoms. The van der Waals surface area contributed by atoms with Crippen LogP contribution in [0.25, 0.3) is 0 Å². The standard InChI is InChI=1S/C35H37BrClN3O4S/c1-25(2)22-38-35(42)33(20-27-10-5-4-6-11-27)39(23-28-12-7-8-15-32(28)37)34(41)24-40(30-14-9-13-29(36)21-30)45(43,44)31-18-16-26(3)17-19-31/h4-19,21,25,33H,20,22-24H2,1-3H3,(H,38,42). The number of halogens is 2. The van der Waals surface area contributed by atoms with Crippen molar-refractivity contribution in [2.75, 3.05) is 17.4 Å². The second kappa shape index (κ2) is 15.6. The molecule has 7 nitrogen and oxygen atoms in total. The minimum absolute atomic E-state index is 0.00199. The first-order chi connectivity index (χ1) is 21.5. The molecule has 0 aliphatic heterocycles. The van der Waals surface area contributed by atoms with Crippen molar-refractivity contribution in [3.05, 3.63) is 129 Å². The second-order valence-corrected chi connectivity index (χ2v) is 14.4. The summed E-state index contributed by atoms with van der Waals surface area (Å²) in [5, 5.41) is 3.43. The van der Waals surface area contributed by atoms with E-state index in [0.29, 0.717) is 27.3 Å². The molecule has 1 unspecified atom stereocenters. The molecule has 0 aliphatic carbocycles. The van der Waals surface area contributed by atoms with Crippen LogP contribution in [0.3, 0.4) is 0 Å². The number of hydrogen-bond donors (Lipinski definition) is 1. The molecule has 4 rings (SSSR count). The van der Waals surface area contributed by atoms with Gasteiger partial charge in [-0.3, -0.25) is 13.9 Å².